The maximum atomic E-state index is 11.8. The second-order valence-corrected chi connectivity index (χ2v) is 4.77. The summed E-state index contributed by atoms with van der Waals surface area (Å²) in [7, 11) is 0. The summed E-state index contributed by atoms with van der Waals surface area (Å²) in [4.78, 5) is 25.8. The van der Waals surface area contributed by atoms with Crippen LogP contribution in [0, 0.1) is 24.0 Å². The van der Waals surface area contributed by atoms with Crippen molar-refractivity contribution in [2.75, 3.05) is 11.9 Å². The molecule has 7 heteroatoms. The standard InChI is InChI=1S/C15H15N3O4/c1-10-3-5-13(6-4-10)22-9-14(19)17-15-11(2)7-12(8-16-15)18(20)21/h3-8H,9H2,1-2H3,(H,16,17,19). The lowest BCUT2D eigenvalue weighted by Crippen LogP contribution is -2.21. The van der Waals surface area contributed by atoms with Crippen LogP contribution in [0.2, 0.25) is 0 Å². The van der Waals surface area contributed by atoms with Crippen LogP contribution in [0.15, 0.2) is 36.5 Å². The molecule has 7 nitrogen and oxygen atoms in total. The lowest BCUT2D eigenvalue weighted by Gasteiger charge is -2.08. The van der Waals surface area contributed by atoms with Gasteiger partial charge in [-0.15, -0.1) is 0 Å². The van der Waals surface area contributed by atoms with E-state index in [1.807, 2.05) is 19.1 Å². The first-order chi connectivity index (χ1) is 10.5. The molecule has 1 aromatic carbocycles. The van der Waals surface area contributed by atoms with Crippen LogP contribution in [0.4, 0.5) is 11.5 Å². The molecule has 2 rings (SSSR count). The van der Waals surface area contributed by atoms with E-state index in [1.54, 1.807) is 19.1 Å². The zero-order valence-corrected chi connectivity index (χ0v) is 12.2. The van der Waals surface area contributed by atoms with Crippen LogP contribution < -0.4 is 10.1 Å². The third-order valence-electron chi connectivity index (χ3n) is 2.92. The van der Waals surface area contributed by atoms with E-state index in [-0.39, 0.29) is 24.0 Å². The number of aromatic nitrogens is 1. The van der Waals surface area contributed by atoms with E-state index < -0.39 is 4.92 Å². The summed E-state index contributed by atoms with van der Waals surface area (Å²) in [5.74, 6) is 0.488. The summed E-state index contributed by atoms with van der Waals surface area (Å²) in [5, 5.41) is 13.2. The number of benzene rings is 1. The summed E-state index contributed by atoms with van der Waals surface area (Å²) in [6, 6.07) is 8.67. The van der Waals surface area contributed by atoms with Crippen molar-refractivity contribution in [1.29, 1.82) is 0 Å². The molecule has 0 aliphatic carbocycles. The van der Waals surface area contributed by atoms with E-state index in [0.717, 1.165) is 11.8 Å². The first kappa shape index (κ1) is 15.4. The molecule has 0 spiro atoms. The minimum absolute atomic E-state index is 0.119. The van der Waals surface area contributed by atoms with Gasteiger partial charge in [-0.05, 0) is 31.5 Å². The fourth-order valence-electron chi connectivity index (χ4n) is 1.74. The van der Waals surface area contributed by atoms with Crippen LogP contribution in [-0.4, -0.2) is 22.4 Å². The van der Waals surface area contributed by atoms with Crippen molar-refractivity contribution in [2.24, 2.45) is 0 Å². The van der Waals surface area contributed by atoms with Gasteiger partial charge in [0.1, 0.15) is 17.8 Å². The number of carbonyl (C=O) groups excluding carboxylic acids is 1. The first-order valence-electron chi connectivity index (χ1n) is 6.56. The number of anilines is 1. The highest BCUT2D eigenvalue weighted by Crippen LogP contribution is 2.18. The molecule has 22 heavy (non-hydrogen) atoms. The maximum absolute atomic E-state index is 11.8. The molecular formula is C15H15N3O4. The van der Waals surface area contributed by atoms with E-state index in [4.69, 9.17) is 4.74 Å². The molecule has 2 aromatic rings. The number of carbonyl (C=O) groups is 1. The molecule has 0 unspecified atom stereocenters. The minimum atomic E-state index is -0.536. The largest absolute Gasteiger partial charge is 0.484 e. The van der Waals surface area contributed by atoms with Gasteiger partial charge in [-0.2, -0.15) is 0 Å². The quantitative estimate of drug-likeness (QED) is 0.676. The van der Waals surface area contributed by atoms with Crippen molar-refractivity contribution >= 4 is 17.4 Å². The van der Waals surface area contributed by atoms with Gasteiger partial charge in [0.2, 0.25) is 0 Å². The highest BCUT2D eigenvalue weighted by molar-refractivity contribution is 5.91. The zero-order chi connectivity index (χ0) is 16.1. The van der Waals surface area contributed by atoms with Crippen LogP contribution in [0.25, 0.3) is 0 Å². The molecule has 1 aromatic heterocycles. The fourth-order valence-corrected chi connectivity index (χ4v) is 1.74. The molecule has 0 aliphatic rings. The molecule has 1 heterocycles. The molecule has 0 saturated carbocycles. The predicted molar refractivity (Wildman–Crippen MR) is 80.9 cm³/mol. The Balaban J connectivity index is 1.94. The van der Waals surface area contributed by atoms with Crippen LogP contribution in [0.1, 0.15) is 11.1 Å². The number of rotatable bonds is 5. The van der Waals surface area contributed by atoms with E-state index in [2.05, 4.69) is 10.3 Å². The van der Waals surface area contributed by atoms with Gasteiger partial charge in [0.05, 0.1) is 4.92 Å². The highest BCUT2D eigenvalue weighted by Gasteiger charge is 2.12. The summed E-state index contributed by atoms with van der Waals surface area (Å²) in [6.45, 7) is 3.43. The van der Waals surface area contributed by atoms with E-state index in [1.165, 1.54) is 6.07 Å². The number of aryl methyl sites for hydroxylation is 2. The lowest BCUT2D eigenvalue weighted by atomic mass is 10.2. The maximum Gasteiger partial charge on any atom is 0.287 e. The van der Waals surface area contributed by atoms with Crippen LogP contribution in [-0.2, 0) is 4.79 Å². The smallest absolute Gasteiger partial charge is 0.287 e. The van der Waals surface area contributed by atoms with Gasteiger partial charge in [0.25, 0.3) is 11.6 Å². The normalized spacial score (nSPS) is 10.1. The van der Waals surface area contributed by atoms with Crippen molar-refractivity contribution in [3.05, 3.63) is 57.8 Å². The summed E-state index contributed by atoms with van der Waals surface area (Å²) in [5.41, 5.74) is 1.49. The molecule has 1 N–H and O–H groups in total. The summed E-state index contributed by atoms with van der Waals surface area (Å²) < 4.78 is 5.35. The lowest BCUT2D eigenvalue weighted by molar-refractivity contribution is -0.385. The van der Waals surface area contributed by atoms with Crippen molar-refractivity contribution in [3.8, 4) is 5.75 Å². The van der Waals surface area contributed by atoms with Gasteiger partial charge >= 0.3 is 0 Å². The third-order valence-corrected chi connectivity index (χ3v) is 2.92. The minimum Gasteiger partial charge on any atom is -0.484 e. The molecule has 0 bridgehead atoms. The van der Waals surface area contributed by atoms with Crippen molar-refractivity contribution in [1.82, 2.24) is 4.98 Å². The number of nitrogens with one attached hydrogen (secondary N) is 1. The monoisotopic (exact) mass is 301 g/mol. The summed E-state index contributed by atoms with van der Waals surface area (Å²) >= 11 is 0. The van der Waals surface area contributed by atoms with Gasteiger partial charge in [-0.3, -0.25) is 14.9 Å². The zero-order valence-electron chi connectivity index (χ0n) is 12.2. The molecule has 1 amide bonds. The van der Waals surface area contributed by atoms with Crippen LogP contribution >= 0.6 is 0 Å². The van der Waals surface area contributed by atoms with Gasteiger partial charge < -0.3 is 10.1 Å². The third kappa shape index (κ3) is 4.02. The van der Waals surface area contributed by atoms with Crippen molar-refractivity contribution in [2.45, 2.75) is 13.8 Å². The Morgan fingerprint density at radius 3 is 2.59 bits per heavy atom. The molecule has 0 aliphatic heterocycles. The number of nitrogens with zero attached hydrogens (tertiary/aromatic N) is 2. The number of ether oxygens (including phenoxy) is 1. The second-order valence-electron chi connectivity index (χ2n) is 4.77. The summed E-state index contributed by atoms with van der Waals surface area (Å²) in [6.07, 6.45) is 1.10. The Kier molecular flexibility index (Phi) is 4.67. The molecule has 0 atom stereocenters. The number of hydrogen-bond donors (Lipinski definition) is 1. The van der Waals surface area contributed by atoms with Crippen LogP contribution in [0.5, 0.6) is 5.75 Å². The van der Waals surface area contributed by atoms with Crippen LogP contribution in [0.3, 0.4) is 0 Å². The van der Waals surface area contributed by atoms with Gasteiger partial charge in [-0.1, -0.05) is 17.7 Å². The Bertz CT molecular complexity index is 698. The van der Waals surface area contributed by atoms with E-state index >= 15 is 0 Å². The molecular weight excluding hydrogens is 286 g/mol. The van der Waals surface area contributed by atoms with Gasteiger partial charge in [0, 0.05) is 6.07 Å². The molecule has 0 fully saturated rings. The topological polar surface area (TPSA) is 94.4 Å². The van der Waals surface area contributed by atoms with Crippen molar-refractivity contribution < 1.29 is 14.5 Å². The Labute approximate surface area is 127 Å². The Morgan fingerprint density at radius 1 is 1.32 bits per heavy atom. The Hall–Kier alpha value is -2.96. The molecule has 0 radical (unpaired) electrons. The van der Waals surface area contributed by atoms with Gasteiger partial charge in [0.15, 0.2) is 6.61 Å². The average molecular weight is 301 g/mol. The second kappa shape index (κ2) is 6.66. The molecule has 114 valence electrons. The fraction of sp³-hybridized carbons (Fsp3) is 0.200. The van der Waals surface area contributed by atoms with Gasteiger partial charge in [-0.25, -0.2) is 4.98 Å². The number of pyridine rings is 1. The predicted octanol–water partition coefficient (Wildman–Crippen LogP) is 2.62. The van der Waals surface area contributed by atoms with Crippen molar-refractivity contribution in [3.63, 3.8) is 0 Å². The SMILES string of the molecule is Cc1ccc(OCC(=O)Nc2ncc([N+](=O)[O-])cc2C)cc1. The van der Waals surface area contributed by atoms with E-state index in [0.29, 0.717) is 11.3 Å². The Morgan fingerprint density at radius 2 is 2.00 bits per heavy atom. The number of amides is 1. The molecule has 0 saturated heterocycles. The average Bonchev–Trinajstić information content (AvgIpc) is 2.48. The van der Waals surface area contributed by atoms with E-state index in [9.17, 15) is 14.9 Å². The number of nitro groups is 1. The first-order valence-corrected chi connectivity index (χ1v) is 6.56. The number of hydrogen-bond acceptors (Lipinski definition) is 5. The highest BCUT2D eigenvalue weighted by atomic mass is 16.6.